The number of aromatic nitrogens is 2. The molecule has 1 aromatic heterocycles. The van der Waals surface area contributed by atoms with Crippen LogP contribution in [0.1, 0.15) is 64.3 Å². The van der Waals surface area contributed by atoms with E-state index in [1.54, 1.807) is 0 Å². The fourth-order valence-electron chi connectivity index (χ4n) is 2.33. The average Bonchev–Trinajstić information content (AvgIpc) is 2.44. The van der Waals surface area contributed by atoms with Crippen LogP contribution in [0.25, 0.3) is 0 Å². The maximum Gasteiger partial charge on any atom is 0.154 e. The van der Waals surface area contributed by atoms with Crippen LogP contribution in [-0.4, -0.2) is 28.7 Å². The fourth-order valence-corrected chi connectivity index (χ4v) is 2.33. The molecule has 0 fully saturated rings. The number of nitrogens with one attached hydrogen (secondary N) is 1. The van der Waals surface area contributed by atoms with Gasteiger partial charge in [0.05, 0.1) is 0 Å². The highest BCUT2D eigenvalue weighted by atomic mass is 16.5. The molecule has 0 atom stereocenters. The first-order chi connectivity index (χ1) is 9.91. The van der Waals surface area contributed by atoms with Crippen LogP contribution in [-0.2, 0) is 30.6 Å². The zero-order valence-corrected chi connectivity index (χ0v) is 14.5. The fraction of sp³-hybridized carbons (Fsp3) is 0.765. The van der Waals surface area contributed by atoms with E-state index in [1.165, 1.54) is 17.0 Å². The van der Waals surface area contributed by atoms with Crippen molar-refractivity contribution in [3.63, 3.8) is 0 Å². The quantitative estimate of drug-likeness (QED) is 0.800. The van der Waals surface area contributed by atoms with Crippen molar-refractivity contribution in [1.29, 1.82) is 0 Å². The molecule has 4 heteroatoms. The largest absolute Gasteiger partial charge is 0.374 e. The molecule has 0 saturated heterocycles. The molecule has 0 radical (unpaired) electrons. The minimum Gasteiger partial charge on any atom is -0.374 e. The van der Waals surface area contributed by atoms with E-state index in [2.05, 4.69) is 49.9 Å². The van der Waals surface area contributed by atoms with Crippen LogP contribution in [0.15, 0.2) is 0 Å². The molecular formula is C17H31N3O. The SMILES string of the molecule is CCOCc1nc(CC)c(CCNC(C)(C)C)c(CC)n1. The van der Waals surface area contributed by atoms with Crippen molar-refractivity contribution < 1.29 is 4.74 Å². The maximum absolute atomic E-state index is 5.45. The van der Waals surface area contributed by atoms with E-state index in [4.69, 9.17) is 4.74 Å². The second-order valence-electron chi connectivity index (χ2n) is 6.28. The van der Waals surface area contributed by atoms with Crippen molar-refractivity contribution in [2.24, 2.45) is 0 Å². The second-order valence-corrected chi connectivity index (χ2v) is 6.28. The van der Waals surface area contributed by atoms with E-state index < -0.39 is 0 Å². The zero-order valence-electron chi connectivity index (χ0n) is 14.5. The molecule has 0 aliphatic carbocycles. The molecular weight excluding hydrogens is 262 g/mol. The lowest BCUT2D eigenvalue weighted by Crippen LogP contribution is -2.37. The third-order valence-electron chi connectivity index (χ3n) is 3.36. The number of nitrogens with zero attached hydrogens (tertiary/aromatic N) is 2. The van der Waals surface area contributed by atoms with Gasteiger partial charge in [0.1, 0.15) is 6.61 Å². The second kappa shape index (κ2) is 8.44. The molecule has 0 aromatic carbocycles. The predicted molar refractivity (Wildman–Crippen MR) is 87.6 cm³/mol. The Morgan fingerprint density at radius 1 is 1.00 bits per heavy atom. The Hall–Kier alpha value is -1.00. The Balaban J connectivity index is 2.90. The lowest BCUT2D eigenvalue weighted by molar-refractivity contribution is 0.128. The Morgan fingerprint density at radius 3 is 2.00 bits per heavy atom. The minimum atomic E-state index is 0.147. The number of hydrogen-bond donors (Lipinski definition) is 1. The van der Waals surface area contributed by atoms with E-state index in [9.17, 15) is 0 Å². The van der Waals surface area contributed by atoms with Crippen LogP contribution >= 0.6 is 0 Å². The van der Waals surface area contributed by atoms with Crippen LogP contribution in [0.4, 0.5) is 0 Å². The Bertz CT molecular complexity index is 413. The van der Waals surface area contributed by atoms with Crippen molar-refractivity contribution in [3.8, 4) is 0 Å². The molecule has 0 saturated carbocycles. The minimum absolute atomic E-state index is 0.147. The van der Waals surface area contributed by atoms with Crippen LogP contribution in [0.5, 0.6) is 0 Å². The van der Waals surface area contributed by atoms with E-state index in [0.717, 1.165) is 31.6 Å². The smallest absolute Gasteiger partial charge is 0.154 e. The highest BCUT2D eigenvalue weighted by Gasteiger charge is 2.14. The predicted octanol–water partition coefficient (Wildman–Crippen LogP) is 3.07. The molecule has 0 aliphatic heterocycles. The molecule has 120 valence electrons. The van der Waals surface area contributed by atoms with Gasteiger partial charge in [0, 0.05) is 23.5 Å². The van der Waals surface area contributed by atoms with Crippen molar-refractivity contribution in [2.75, 3.05) is 13.2 Å². The van der Waals surface area contributed by atoms with Crippen molar-refractivity contribution in [1.82, 2.24) is 15.3 Å². The third-order valence-corrected chi connectivity index (χ3v) is 3.36. The van der Waals surface area contributed by atoms with Gasteiger partial charge in [-0.1, -0.05) is 13.8 Å². The first kappa shape index (κ1) is 18.1. The van der Waals surface area contributed by atoms with Gasteiger partial charge in [-0.3, -0.25) is 0 Å². The monoisotopic (exact) mass is 293 g/mol. The highest BCUT2D eigenvalue weighted by Crippen LogP contribution is 2.15. The van der Waals surface area contributed by atoms with Gasteiger partial charge in [-0.2, -0.15) is 0 Å². The molecule has 4 nitrogen and oxygen atoms in total. The number of aryl methyl sites for hydroxylation is 2. The summed E-state index contributed by atoms with van der Waals surface area (Å²) in [5.74, 6) is 0.818. The van der Waals surface area contributed by atoms with Gasteiger partial charge in [-0.25, -0.2) is 9.97 Å². The number of ether oxygens (including phenoxy) is 1. The maximum atomic E-state index is 5.45. The van der Waals surface area contributed by atoms with Gasteiger partial charge in [-0.15, -0.1) is 0 Å². The summed E-state index contributed by atoms with van der Waals surface area (Å²) in [6.07, 6.45) is 2.87. The number of rotatable bonds is 8. The van der Waals surface area contributed by atoms with Gasteiger partial charge in [-0.05, 0) is 59.1 Å². The zero-order chi connectivity index (χ0) is 15.9. The van der Waals surface area contributed by atoms with E-state index in [-0.39, 0.29) is 5.54 Å². The molecule has 1 heterocycles. The van der Waals surface area contributed by atoms with E-state index in [0.29, 0.717) is 13.2 Å². The van der Waals surface area contributed by atoms with Gasteiger partial charge in [0.15, 0.2) is 5.82 Å². The molecule has 1 N–H and O–H groups in total. The van der Waals surface area contributed by atoms with E-state index in [1.807, 2.05) is 6.92 Å². The molecule has 0 amide bonds. The van der Waals surface area contributed by atoms with Gasteiger partial charge < -0.3 is 10.1 Å². The summed E-state index contributed by atoms with van der Waals surface area (Å²) in [5, 5.41) is 3.54. The standard InChI is InChI=1S/C17H31N3O/c1-7-14-13(10-11-18-17(4,5)6)15(8-2)20-16(19-14)12-21-9-3/h18H,7-12H2,1-6H3. The Kier molecular flexibility index (Phi) is 7.26. The lowest BCUT2D eigenvalue weighted by atomic mass is 10.0. The highest BCUT2D eigenvalue weighted by molar-refractivity contribution is 5.27. The van der Waals surface area contributed by atoms with Crippen molar-refractivity contribution in [2.45, 2.75) is 73.0 Å². The molecule has 1 aromatic rings. The Morgan fingerprint density at radius 2 is 1.57 bits per heavy atom. The van der Waals surface area contributed by atoms with Crippen molar-refractivity contribution >= 4 is 0 Å². The normalized spacial score (nSPS) is 11.9. The Labute approximate surface area is 129 Å². The summed E-state index contributed by atoms with van der Waals surface area (Å²) in [4.78, 5) is 9.38. The lowest BCUT2D eigenvalue weighted by Gasteiger charge is -2.21. The molecule has 0 unspecified atom stereocenters. The van der Waals surface area contributed by atoms with Crippen LogP contribution in [0, 0.1) is 0 Å². The van der Waals surface area contributed by atoms with Gasteiger partial charge in [0.2, 0.25) is 0 Å². The summed E-state index contributed by atoms with van der Waals surface area (Å²) in [5.41, 5.74) is 3.81. The van der Waals surface area contributed by atoms with Gasteiger partial charge in [0.25, 0.3) is 0 Å². The summed E-state index contributed by atoms with van der Waals surface area (Å²) >= 11 is 0. The molecule has 1 rings (SSSR count). The summed E-state index contributed by atoms with van der Waals surface area (Å²) in [6, 6.07) is 0. The van der Waals surface area contributed by atoms with Crippen LogP contribution in [0.2, 0.25) is 0 Å². The number of hydrogen-bond acceptors (Lipinski definition) is 4. The molecule has 0 spiro atoms. The summed E-state index contributed by atoms with van der Waals surface area (Å²) in [6.45, 7) is 15.1. The van der Waals surface area contributed by atoms with Crippen LogP contribution < -0.4 is 5.32 Å². The summed E-state index contributed by atoms with van der Waals surface area (Å²) in [7, 11) is 0. The third kappa shape index (κ3) is 6.10. The topological polar surface area (TPSA) is 47.0 Å². The van der Waals surface area contributed by atoms with E-state index >= 15 is 0 Å². The van der Waals surface area contributed by atoms with Gasteiger partial charge >= 0.3 is 0 Å². The first-order valence-electron chi connectivity index (χ1n) is 8.11. The summed E-state index contributed by atoms with van der Waals surface area (Å²) < 4.78 is 5.45. The molecule has 0 bridgehead atoms. The molecule has 21 heavy (non-hydrogen) atoms. The van der Waals surface area contributed by atoms with Crippen LogP contribution in [0.3, 0.4) is 0 Å². The molecule has 0 aliphatic rings. The average molecular weight is 293 g/mol. The van der Waals surface area contributed by atoms with Crippen molar-refractivity contribution in [3.05, 3.63) is 22.8 Å². The first-order valence-corrected chi connectivity index (χ1v) is 8.11.